The van der Waals surface area contributed by atoms with Crippen molar-refractivity contribution < 1.29 is 32.5 Å². The number of amides is 1. The van der Waals surface area contributed by atoms with Crippen molar-refractivity contribution in [2.75, 3.05) is 38.6 Å². The molecular weight excluding hydrogens is 432 g/mol. The molecule has 1 heterocycles. The molecule has 0 bridgehead atoms. The number of nitrogens with one attached hydrogen (secondary N) is 1. The Bertz CT molecular complexity index is 859. The highest BCUT2D eigenvalue weighted by Gasteiger charge is 2.22. The van der Waals surface area contributed by atoms with E-state index in [1.807, 2.05) is 6.92 Å². The standard InChI is InChI=1S/C21H25ClFN3O3.ClH/c1-2-28-20-10-19(24)18(22)9-17(20)21(27)25-11-16-13-26(7-8-29-16)12-14-3-5-15(23)6-4-14;/h3-6,9-10,16H,2,7-8,11-13,24H2,1H3,(H,25,27);1H. The van der Waals surface area contributed by atoms with Crippen LogP contribution in [0.2, 0.25) is 5.02 Å². The Hall–Kier alpha value is -2.06. The van der Waals surface area contributed by atoms with Gasteiger partial charge in [-0.15, -0.1) is 0 Å². The van der Waals surface area contributed by atoms with Gasteiger partial charge in [-0.2, -0.15) is 0 Å². The minimum absolute atomic E-state index is 0. The third kappa shape index (κ3) is 6.47. The number of nitrogen functional groups attached to an aromatic ring is 1. The number of carbonyl (C=O) groups excluding carboxylic acids is 1. The van der Waals surface area contributed by atoms with Crippen LogP contribution in [0.5, 0.6) is 5.75 Å². The molecule has 0 spiro atoms. The van der Waals surface area contributed by atoms with Gasteiger partial charge in [0.05, 0.1) is 35.6 Å². The van der Waals surface area contributed by atoms with Crippen LogP contribution in [-0.4, -0.2) is 49.8 Å². The Balaban J connectivity index is 0.00000240. The SMILES string of the molecule is CCOc1cc(N)c(Cl)cc1C(=O)NCC1CN(Cc2ccc(F)cc2)CCO1.[Cl-].[H+]. The number of hydrogen-bond acceptors (Lipinski definition) is 5. The number of anilines is 1. The second kappa shape index (κ2) is 11.4. The van der Waals surface area contributed by atoms with Crippen molar-refractivity contribution in [2.24, 2.45) is 0 Å². The van der Waals surface area contributed by atoms with Gasteiger partial charge in [0.15, 0.2) is 0 Å². The molecule has 0 radical (unpaired) electrons. The van der Waals surface area contributed by atoms with Crippen LogP contribution < -0.4 is 28.2 Å². The van der Waals surface area contributed by atoms with Crippen LogP contribution in [0.3, 0.4) is 0 Å². The molecule has 0 saturated carbocycles. The van der Waals surface area contributed by atoms with Crippen LogP contribution in [0.4, 0.5) is 10.1 Å². The zero-order valence-electron chi connectivity index (χ0n) is 17.7. The molecule has 1 aliphatic rings. The summed E-state index contributed by atoms with van der Waals surface area (Å²) in [5.41, 5.74) is 7.54. The lowest BCUT2D eigenvalue weighted by Gasteiger charge is -2.33. The first-order valence-corrected chi connectivity index (χ1v) is 9.92. The van der Waals surface area contributed by atoms with E-state index in [0.717, 1.165) is 12.1 Å². The van der Waals surface area contributed by atoms with Gasteiger partial charge in [-0.1, -0.05) is 23.7 Å². The Labute approximate surface area is 188 Å². The van der Waals surface area contributed by atoms with E-state index in [1.165, 1.54) is 18.2 Å². The van der Waals surface area contributed by atoms with Gasteiger partial charge in [0.1, 0.15) is 11.6 Å². The van der Waals surface area contributed by atoms with Crippen LogP contribution >= 0.6 is 11.6 Å². The molecule has 164 valence electrons. The lowest BCUT2D eigenvalue weighted by atomic mass is 10.1. The number of nitrogens with zero attached hydrogens (tertiary/aromatic N) is 1. The van der Waals surface area contributed by atoms with Gasteiger partial charge < -0.3 is 32.9 Å². The molecule has 2 aromatic carbocycles. The first kappa shape index (κ1) is 24.2. The summed E-state index contributed by atoms with van der Waals surface area (Å²) in [5.74, 6) is -0.144. The summed E-state index contributed by atoms with van der Waals surface area (Å²) in [6.45, 7) is 5.31. The maximum atomic E-state index is 13.1. The average molecular weight is 458 g/mol. The van der Waals surface area contributed by atoms with Crippen LogP contribution in [-0.2, 0) is 11.3 Å². The summed E-state index contributed by atoms with van der Waals surface area (Å²) in [4.78, 5) is 14.9. The van der Waals surface area contributed by atoms with Gasteiger partial charge in [0.2, 0.25) is 0 Å². The molecule has 1 fully saturated rings. The molecule has 3 rings (SSSR count). The Morgan fingerprint density at radius 2 is 2.13 bits per heavy atom. The molecular formula is C21H26Cl2FN3O3. The lowest BCUT2D eigenvalue weighted by molar-refractivity contribution is -0.0292. The van der Waals surface area contributed by atoms with Gasteiger partial charge in [-0.05, 0) is 30.7 Å². The van der Waals surface area contributed by atoms with Crippen molar-refractivity contribution in [1.82, 2.24) is 10.2 Å². The lowest BCUT2D eigenvalue weighted by Crippen LogP contribution is -3.00. The van der Waals surface area contributed by atoms with E-state index in [2.05, 4.69) is 10.2 Å². The predicted octanol–water partition coefficient (Wildman–Crippen LogP) is 0.207. The summed E-state index contributed by atoms with van der Waals surface area (Å²) in [7, 11) is 0. The minimum Gasteiger partial charge on any atom is -1.00 e. The molecule has 30 heavy (non-hydrogen) atoms. The van der Waals surface area contributed by atoms with Gasteiger partial charge >= 0.3 is 1.43 Å². The number of benzene rings is 2. The normalized spacial score (nSPS) is 16.6. The molecule has 1 saturated heterocycles. The number of hydrogen-bond donors (Lipinski definition) is 2. The highest BCUT2D eigenvalue weighted by molar-refractivity contribution is 6.33. The smallest absolute Gasteiger partial charge is 1.00 e. The van der Waals surface area contributed by atoms with Crippen molar-refractivity contribution in [2.45, 2.75) is 19.6 Å². The molecule has 1 aliphatic heterocycles. The monoisotopic (exact) mass is 457 g/mol. The number of ether oxygens (including phenoxy) is 2. The van der Waals surface area contributed by atoms with Crippen molar-refractivity contribution >= 4 is 23.2 Å². The fraction of sp³-hybridized carbons (Fsp3) is 0.381. The summed E-state index contributed by atoms with van der Waals surface area (Å²) in [6, 6.07) is 9.55. The Morgan fingerprint density at radius 3 is 2.83 bits per heavy atom. The van der Waals surface area contributed by atoms with Gasteiger partial charge in [0.25, 0.3) is 5.91 Å². The number of rotatable bonds is 7. The number of carbonyl (C=O) groups is 1. The summed E-state index contributed by atoms with van der Waals surface area (Å²) < 4.78 is 24.4. The maximum Gasteiger partial charge on any atom is 1.00 e. The van der Waals surface area contributed by atoms with Crippen LogP contribution in [0.25, 0.3) is 0 Å². The van der Waals surface area contributed by atoms with Crippen LogP contribution in [0.1, 0.15) is 24.3 Å². The number of morpholine rings is 1. The fourth-order valence-electron chi connectivity index (χ4n) is 3.22. The van der Waals surface area contributed by atoms with E-state index in [1.54, 1.807) is 18.2 Å². The molecule has 3 N–H and O–H groups in total. The van der Waals surface area contributed by atoms with Gasteiger partial charge in [0, 0.05) is 32.2 Å². The van der Waals surface area contributed by atoms with Crippen molar-refractivity contribution in [3.8, 4) is 5.75 Å². The van der Waals surface area contributed by atoms with E-state index in [4.69, 9.17) is 26.8 Å². The van der Waals surface area contributed by atoms with E-state index in [-0.39, 0.29) is 31.7 Å². The first-order chi connectivity index (χ1) is 14.0. The second-order valence-electron chi connectivity index (χ2n) is 6.87. The quantitative estimate of drug-likeness (QED) is 0.581. The van der Waals surface area contributed by atoms with Gasteiger partial charge in [-0.25, -0.2) is 4.39 Å². The third-order valence-corrected chi connectivity index (χ3v) is 5.00. The highest BCUT2D eigenvalue weighted by Crippen LogP contribution is 2.29. The first-order valence-electron chi connectivity index (χ1n) is 9.54. The van der Waals surface area contributed by atoms with Crippen molar-refractivity contribution in [1.29, 1.82) is 0 Å². The largest absolute Gasteiger partial charge is 1.00 e. The fourth-order valence-corrected chi connectivity index (χ4v) is 3.38. The third-order valence-electron chi connectivity index (χ3n) is 4.68. The van der Waals surface area contributed by atoms with Crippen molar-refractivity contribution in [3.63, 3.8) is 0 Å². The zero-order chi connectivity index (χ0) is 20.8. The molecule has 0 aliphatic carbocycles. The van der Waals surface area contributed by atoms with E-state index in [0.29, 0.717) is 54.9 Å². The maximum absolute atomic E-state index is 13.1. The van der Waals surface area contributed by atoms with Crippen molar-refractivity contribution in [3.05, 3.63) is 58.4 Å². The second-order valence-corrected chi connectivity index (χ2v) is 7.27. The van der Waals surface area contributed by atoms with Crippen LogP contribution in [0, 0.1) is 5.82 Å². The minimum atomic E-state index is -0.297. The molecule has 1 amide bonds. The Kier molecular flexibility index (Phi) is 9.17. The predicted molar refractivity (Wildman–Crippen MR) is 112 cm³/mol. The molecule has 2 aromatic rings. The summed E-state index contributed by atoms with van der Waals surface area (Å²) in [5, 5.41) is 3.19. The van der Waals surface area contributed by atoms with E-state index < -0.39 is 0 Å². The average Bonchev–Trinajstić information content (AvgIpc) is 2.71. The molecule has 1 unspecified atom stereocenters. The molecule has 6 nitrogen and oxygen atoms in total. The van der Waals surface area contributed by atoms with Gasteiger partial charge in [-0.3, -0.25) is 9.69 Å². The molecule has 1 atom stereocenters. The topological polar surface area (TPSA) is 76.8 Å². The highest BCUT2D eigenvalue weighted by atomic mass is 35.5. The Morgan fingerprint density at radius 1 is 1.40 bits per heavy atom. The molecule has 9 heteroatoms. The number of nitrogens with two attached hydrogens (primary N) is 1. The number of halogens is 3. The summed E-state index contributed by atoms with van der Waals surface area (Å²) >= 11 is 6.07. The van der Waals surface area contributed by atoms with E-state index in [9.17, 15) is 9.18 Å². The summed E-state index contributed by atoms with van der Waals surface area (Å²) in [6.07, 6.45) is -0.145. The molecule has 0 aromatic heterocycles. The van der Waals surface area contributed by atoms with E-state index >= 15 is 0 Å². The zero-order valence-corrected chi connectivity index (χ0v) is 18.2. The van der Waals surface area contributed by atoms with Crippen LogP contribution in [0.15, 0.2) is 36.4 Å².